The van der Waals surface area contributed by atoms with Crippen molar-refractivity contribution in [2.45, 2.75) is 102 Å². The first kappa shape index (κ1) is 35.1. The molecule has 8 nitrogen and oxygen atoms in total. The lowest BCUT2D eigenvalue weighted by molar-refractivity contribution is -0.153. The molecule has 2 atom stereocenters. The minimum Gasteiger partial charge on any atom is -0.491 e. The lowest BCUT2D eigenvalue weighted by Crippen LogP contribution is -2.30. The monoisotopic (exact) mass is 610 g/mol. The minimum atomic E-state index is -0.936. The summed E-state index contributed by atoms with van der Waals surface area (Å²) in [5, 5.41) is 19.8. The third-order valence-electron chi connectivity index (χ3n) is 8.22. The zero-order valence-electron chi connectivity index (χ0n) is 26.2. The van der Waals surface area contributed by atoms with Crippen LogP contribution in [0.15, 0.2) is 61.2 Å². The summed E-state index contributed by atoms with van der Waals surface area (Å²) in [6, 6.07) is 16.1. The van der Waals surface area contributed by atoms with Gasteiger partial charge in [0.2, 0.25) is 0 Å². The molecule has 0 aliphatic heterocycles. The molecule has 242 valence electrons. The van der Waals surface area contributed by atoms with E-state index in [2.05, 4.69) is 37.8 Å². The van der Waals surface area contributed by atoms with Crippen molar-refractivity contribution in [2.75, 3.05) is 26.4 Å². The number of benzene rings is 2. The molecule has 1 fully saturated rings. The molecule has 0 heterocycles. The summed E-state index contributed by atoms with van der Waals surface area (Å²) in [6.07, 6.45) is 11.9. The number of hydrogen-bond acceptors (Lipinski definition) is 8. The average molecular weight is 611 g/mol. The van der Waals surface area contributed by atoms with Gasteiger partial charge in [0.15, 0.2) is 6.10 Å². The number of esters is 2. The number of aliphatic hydroxyl groups is 2. The number of aliphatic hydroxyl groups excluding tert-OH is 2. The van der Waals surface area contributed by atoms with Crippen LogP contribution in [0.5, 0.6) is 11.5 Å². The maximum absolute atomic E-state index is 12.2. The van der Waals surface area contributed by atoms with E-state index in [9.17, 15) is 19.8 Å². The van der Waals surface area contributed by atoms with Gasteiger partial charge in [-0.05, 0) is 54.7 Å². The molecule has 8 heteroatoms. The molecule has 1 aliphatic rings. The minimum absolute atomic E-state index is 0.00579. The van der Waals surface area contributed by atoms with Gasteiger partial charge in [-0.3, -0.25) is 4.79 Å². The van der Waals surface area contributed by atoms with Crippen LogP contribution in [0, 0.1) is 0 Å². The first-order chi connectivity index (χ1) is 21.4. The van der Waals surface area contributed by atoms with Crippen molar-refractivity contribution in [3.05, 3.63) is 72.3 Å². The van der Waals surface area contributed by atoms with Crippen molar-refractivity contribution < 1.29 is 38.7 Å². The molecular weight excluding hydrogens is 560 g/mol. The second-order valence-electron chi connectivity index (χ2n) is 11.6. The molecule has 2 aromatic rings. The van der Waals surface area contributed by atoms with Crippen LogP contribution in [-0.2, 0) is 24.5 Å². The Bertz CT molecular complexity index is 1120. The number of rotatable bonds is 20. The summed E-state index contributed by atoms with van der Waals surface area (Å²) < 4.78 is 21.9. The first-order valence-electron chi connectivity index (χ1n) is 16.1. The van der Waals surface area contributed by atoms with Gasteiger partial charge in [0, 0.05) is 17.9 Å². The van der Waals surface area contributed by atoms with Crippen molar-refractivity contribution >= 4 is 11.9 Å². The van der Waals surface area contributed by atoms with Crippen LogP contribution in [0.4, 0.5) is 0 Å². The molecule has 0 bridgehead atoms. The van der Waals surface area contributed by atoms with E-state index >= 15 is 0 Å². The predicted molar refractivity (Wildman–Crippen MR) is 170 cm³/mol. The van der Waals surface area contributed by atoms with E-state index in [1.807, 2.05) is 24.3 Å². The van der Waals surface area contributed by atoms with E-state index in [1.165, 1.54) is 36.8 Å². The van der Waals surface area contributed by atoms with E-state index < -0.39 is 18.2 Å². The van der Waals surface area contributed by atoms with Gasteiger partial charge in [-0.25, -0.2) is 4.79 Å². The van der Waals surface area contributed by atoms with E-state index in [-0.39, 0.29) is 37.8 Å². The van der Waals surface area contributed by atoms with Crippen LogP contribution >= 0.6 is 0 Å². The van der Waals surface area contributed by atoms with Crippen LogP contribution in [0.2, 0.25) is 0 Å². The Morgan fingerprint density at radius 3 is 1.98 bits per heavy atom. The van der Waals surface area contributed by atoms with Crippen molar-refractivity contribution in [1.82, 2.24) is 0 Å². The van der Waals surface area contributed by atoms with Gasteiger partial charge in [-0.1, -0.05) is 89.1 Å². The summed E-state index contributed by atoms with van der Waals surface area (Å²) in [6.45, 7) is 5.17. The van der Waals surface area contributed by atoms with Crippen molar-refractivity contribution in [1.29, 1.82) is 0 Å². The largest absolute Gasteiger partial charge is 0.491 e. The van der Waals surface area contributed by atoms with Gasteiger partial charge >= 0.3 is 11.9 Å². The highest BCUT2D eigenvalue weighted by molar-refractivity contribution is 5.81. The average Bonchev–Trinajstić information content (AvgIpc) is 3.06. The third kappa shape index (κ3) is 11.3. The number of ether oxygens (including phenoxy) is 4. The lowest BCUT2D eigenvalue weighted by Gasteiger charge is -2.38. The fourth-order valence-corrected chi connectivity index (χ4v) is 5.73. The molecule has 1 saturated carbocycles. The quantitative estimate of drug-likeness (QED) is 0.100. The second-order valence-corrected chi connectivity index (χ2v) is 11.6. The van der Waals surface area contributed by atoms with Crippen molar-refractivity contribution in [3.8, 4) is 11.5 Å². The SMILES string of the molecule is C=CC(=O)OCC(O)COc1ccc(C2(c3ccc(OCC(CO)OC(=O)CCCCCCCC)cc3)CCCCC2)cc1. The molecule has 3 rings (SSSR count). The van der Waals surface area contributed by atoms with E-state index in [0.717, 1.165) is 51.0 Å². The molecule has 44 heavy (non-hydrogen) atoms. The second kappa shape index (κ2) is 19.1. The molecule has 0 spiro atoms. The Balaban J connectivity index is 1.55. The maximum atomic E-state index is 12.2. The summed E-state index contributed by atoms with van der Waals surface area (Å²) in [5.41, 5.74) is 2.28. The van der Waals surface area contributed by atoms with Crippen molar-refractivity contribution in [3.63, 3.8) is 0 Å². The Labute approximate surface area is 262 Å². The number of carbonyl (C=O) groups is 2. The fourth-order valence-electron chi connectivity index (χ4n) is 5.73. The summed E-state index contributed by atoms with van der Waals surface area (Å²) >= 11 is 0. The van der Waals surface area contributed by atoms with E-state index in [0.29, 0.717) is 17.9 Å². The van der Waals surface area contributed by atoms with Crippen LogP contribution < -0.4 is 9.47 Å². The zero-order valence-corrected chi connectivity index (χ0v) is 26.2. The molecule has 2 aromatic carbocycles. The van der Waals surface area contributed by atoms with Gasteiger partial charge in [-0.2, -0.15) is 0 Å². The van der Waals surface area contributed by atoms with Crippen LogP contribution in [-0.4, -0.2) is 60.8 Å². The highest BCUT2D eigenvalue weighted by Gasteiger charge is 2.35. The Morgan fingerprint density at radius 1 is 0.841 bits per heavy atom. The molecule has 0 amide bonds. The number of hydrogen-bond donors (Lipinski definition) is 2. The van der Waals surface area contributed by atoms with E-state index in [1.54, 1.807) is 0 Å². The van der Waals surface area contributed by atoms with Crippen LogP contribution in [0.3, 0.4) is 0 Å². The smallest absolute Gasteiger partial charge is 0.330 e. The summed E-state index contributed by atoms with van der Waals surface area (Å²) in [4.78, 5) is 23.4. The first-order valence-corrected chi connectivity index (χ1v) is 16.1. The van der Waals surface area contributed by atoms with Gasteiger partial charge in [0.1, 0.15) is 37.4 Å². The summed E-state index contributed by atoms with van der Waals surface area (Å²) in [5.74, 6) is 0.411. The molecule has 0 radical (unpaired) electrons. The van der Waals surface area contributed by atoms with Crippen LogP contribution in [0.1, 0.15) is 95.1 Å². The van der Waals surface area contributed by atoms with Crippen molar-refractivity contribution in [2.24, 2.45) is 0 Å². The number of carbonyl (C=O) groups excluding carboxylic acids is 2. The Hall–Kier alpha value is -3.36. The molecule has 2 N–H and O–H groups in total. The molecule has 1 aliphatic carbocycles. The molecule has 0 aromatic heterocycles. The topological polar surface area (TPSA) is 112 Å². The lowest BCUT2D eigenvalue weighted by atomic mass is 9.65. The fraction of sp³-hybridized carbons (Fsp3) is 0.556. The van der Waals surface area contributed by atoms with Gasteiger partial charge < -0.3 is 29.2 Å². The highest BCUT2D eigenvalue weighted by Crippen LogP contribution is 2.45. The molecule has 0 saturated heterocycles. The van der Waals surface area contributed by atoms with E-state index in [4.69, 9.17) is 18.9 Å². The van der Waals surface area contributed by atoms with Gasteiger partial charge in [-0.15, -0.1) is 0 Å². The normalized spacial score (nSPS) is 15.5. The zero-order chi connectivity index (χ0) is 31.6. The molecular formula is C36H50O8. The maximum Gasteiger partial charge on any atom is 0.330 e. The third-order valence-corrected chi connectivity index (χ3v) is 8.22. The Morgan fingerprint density at radius 2 is 1.41 bits per heavy atom. The highest BCUT2D eigenvalue weighted by atomic mass is 16.6. The predicted octanol–water partition coefficient (Wildman–Crippen LogP) is 6.44. The molecule has 2 unspecified atom stereocenters. The summed E-state index contributed by atoms with van der Waals surface area (Å²) in [7, 11) is 0. The number of unbranched alkanes of at least 4 members (excludes halogenated alkanes) is 5. The van der Waals surface area contributed by atoms with Gasteiger partial charge in [0.05, 0.1) is 6.61 Å². The van der Waals surface area contributed by atoms with Crippen LogP contribution in [0.25, 0.3) is 0 Å². The van der Waals surface area contributed by atoms with Gasteiger partial charge in [0.25, 0.3) is 0 Å². The Kier molecular flexibility index (Phi) is 15.3. The standard InChI is InChI=1S/C36H50O8/c1-3-5-6-7-8-10-13-35(40)44-33(24-37)27-42-32-20-16-29(17-21-32)36(22-11-9-12-23-36)28-14-18-31(19-15-28)41-25-30(38)26-43-34(39)4-2/h4,14-21,30,33,37-38H,2-3,5-13,22-27H2,1H3.